The van der Waals surface area contributed by atoms with E-state index in [1.165, 1.54) is 4.57 Å². The summed E-state index contributed by atoms with van der Waals surface area (Å²) in [7, 11) is 1.62. The number of fused-ring (bicyclic) bond motifs is 1. The summed E-state index contributed by atoms with van der Waals surface area (Å²) in [4.78, 5) is 23.3. The van der Waals surface area contributed by atoms with E-state index in [-0.39, 0.29) is 6.03 Å². The Balaban J connectivity index is 1.79. The number of aromatic nitrogens is 1. The Bertz CT molecular complexity index is 718. The normalized spacial score (nSPS) is 11.1. The average molecular weight is 321 g/mol. The second-order valence-electron chi connectivity index (χ2n) is 5.81. The lowest BCUT2D eigenvalue weighted by Gasteiger charge is -2.09. The minimum absolute atomic E-state index is 0.290. The van der Waals surface area contributed by atoms with Crippen molar-refractivity contribution in [1.29, 1.82) is 0 Å². The molecule has 0 saturated heterocycles. The van der Waals surface area contributed by atoms with Crippen molar-refractivity contribution in [2.45, 2.75) is 20.3 Å². The molecule has 126 valence electrons. The maximum atomic E-state index is 11.8. The molecule has 0 saturated carbocycles. The molecule has 0 fully saturated rings. The van der Waals surface area contributed by atoms with Crippen molar-refractivity contribution in [2.75, 3.05) is 25.1 Å². The number of oxazole rings is 1. The van der Waals surface area contributed by atoms with Gasteiger partial charge in [-0.3, -0.25) is 4.57 Å². The number of nitrogens with zero attached hydrogens (tertiary/aromatic N) is 1. The molecule has 0 aliphatic carbocycles. The third-order valence-corrected chi connectivity index (χ3v) is 3.25. The number of carbonyl (C=O) groups excluding carboxylic acids is 1. The number of amides is 2. The van der Waals surface area contributed by atoms with E-state index in [0.29, 0.717) is 35.9 Å². The van der Waals surface area contributed by atoms with Gasteiger partial charge in [0.2, 0.25) is 0 Å². The van der Waals surface area contributed by atoms with Gasteiger partial charge < -0.3 is 19.8 Å². The highest BCUT2D eigenvalue weighted by molar-refractivity contribution is 5.91. The summed E-state index contributed by atoms with van der Waals surface area (Å²) in [5.74, 6) is 0.0862. The van der Waals surface area contributed by atoms with Gasteiger partial charge in [-0.1, -0.05) is 13.8 Å². The zero-order chi connectivity index (χ0) is 16.8. The molecular weight excluding hydrogens is 298 g/mol. The van der Waals surface area contributed by atoms with Crippen molar-refractivity contribution < 1.29 is 13.9 Å². The van der Waals surface area contributed by atoms with Gasteiger partial charge in [0.25, 0.3) is 0 Å². The molecule has 1 aromatic carbocycles. The Kier molecular flexibility index (Phi) is 5.81. The molecule has 2 amide bonds. The predicted octanol–water partition coefficient (Wildman–Crippen LogP) is 2.32. The maximum absolute atomic E-state index is 11.8. The lowest BCUT2D eigenvalue weighted by molar-refractivity contribution is 0.108. The Morgan fingerprint density at radius 1 is 1.39 bits per heavy atom. The van der Waals surface area contributed by atoms with Gasteiger partial charge in [0.15, 0.2) is 5.58 Å². The number of nitrogens with one attached hydrogen (secondary N) is 2. The van der Waals surface area contributed by atoms with Gasteiger partial charge in [-0.05, 0) is 30.5 Å². The van der Waals surface area contributed by atoms with E-state index < -0.39 is 5.76 Å². The fourth-order valence-corrected chi connectivity index (χ4v) is 2.07. The molecule has 0 aliphatic rings. The van der Waals surface area contributed by atoms with Crippen LogP contribution in [0.5, 0.6) is 0 Å². The van der Waals surface area contributed by atoms with Crippen LogP contribution in [0.3, 0.4) is 0 Å². The number of ether oxygens (including phenoxy) is 1. The van der Waals surface area contributed by atoms with Crippen LogP contribution in [-0.4, -0.2) is 30.4 Å². The van der Waals surface area contributed by atoms with E-state index in [2.05, 4.69) is 24.5 Å². The van der Waals surface area contributed by atoms with Crippen molar-refractivity contribution >= 4 is 22.8 Å². The van der Waals surface area contributed by atoms with Crippen LogP contribution in [0.25, 0.3) is 11.1 Å². The smallest absolute Gasteiger partial charge is 0.408 e. The molecule has 0 bridgehead atoms. The van der Waals surface area contributed by atoms with Crippen molar-refractivity contribution in [2.24, 2.45) is 13.0 Å². The number of anilines is 1. The van der Waals surface area contributed by atoms with Crippen LogP contribution in [-0.2, 0) is 11.8 Å². The highest BCUT2D eigenvalue weighted by Crippen LogP contribution is 2.17. The standard InChI is InChI=1S/C16H23N3O4/c1-11(2)10-22-8-4-7-17-15(20)18-12-5-6-14-13(9-12)19(3)16(21)23-14/h5-6,9,11H,4,7-8,10H2,1-3H3,(H2,17,18,20). The van der Waals surface area contributed by atoms with Crippen LogP contribution in [0.2, 0.25) is 0 Å². The quantitative estimate of drug-likeness (QED) is 0.766. The van der Waals surface area contributed by atoms with Crippen LogP contribution in [0.4, 0.5) is 10.5 Å². The molecule has 2 rings (SSSR count). The summed E-state index contributed by atoms with van der Waals surface area (Å²) >= 11 is 0. The molecule has 0 radical (unpaired) electrons. The predicted molar refractivity (Wildman–Crippen MR) is 88.8 cm³/mol. The van der Waals surface area contributed by atoms with Gasteiger partial charge in [-0.25, -0.2) is 9.59 Å². The van der Waals surface area contributed by atoms with E-state index in [4.69, 9.17) is 9.15 Å². The number of carbonyl (C=O) groups is 1. The van der Waals surface area contributed by atoms with Crippen molar-refractivity contribution in [3.63, 3.8) is 0 Å². The molecule has 2 aromatic rings. The molecule has 0 unspecified atom stereocenters. The Morgan fingerprint density at radius 3 is 2.91 bits per heavy atom. The monoisotopic (exact) mass is 321 g/mol. The number of hydrogen-bond donors (Lipinski definition) is 2. The van der Waals surface area contributed by atoms with Crippen LogP contribution in [0.15, 0.2) is 27.4 Å². The van der Waals surface area contributed by atoms with Crippen molar-refractivity contribution in [1.82, 2.24) is 9.88 Å². The average Bonchev–Trinajstić information content (AvgIpc) is 2.78. The Hall–Kier alpha value is -2.28. The Morgan fingerprint density at radius 2 is 2.17 bits per heavy atom. The summed E-state index contributed by atoms with van der Waals surface area (Å²) < 4.78 is 11.9. The fraction of sp³-hybridized carbons (Fsp3) is 0.500. The molecule has 1 aromatic heterocycles. The van der Waals surface area contributed by atoms with E-state index in [1.54, 1.807) is 25.2 Å². The van der Waals surface area contributed by atoms with Gasteiger partial charge in [-0.15, -0.1) is 0 Å². The van der Waals surface area contributed by atoms with Gasteiger partial charge in [0.05, 0.1) is 5.52 Å². The third kappa shape index (κ3) is 4.85. The summed E-state index contributed by atoms with van der Waals surface area (Å²) in [6.45, 7) is 6.09. The molecule has 23 heavy (non-hydrogen) atoms. The molecule has 0 atom stereocenters. The highest BCUT2D eigenvalue weighted by Gasteiger charge is 2.08. The highest BCUT2D eigenvalue weighted by atomic mass is 16.5. The first-order valence-electron chi connectivity index (χ1n) is 7.69. The minimum atomic E-state index is -0.428. The zero-order valence-corrected chi connectivity index (χ0v) is 13.7. The molecule has 7 nitrogen and oxygen atoms in total. The number of rotatable bonds is 7. The summed E-state index contributed by atoms with van der Waals surface area (Å²) in [6.07, 6.45) is 0.759. The Labute approximate surface area is 134 Å². The fourth-order valence-electron chi connectivity index (χ4n) is 2.07. The number of urea groups is 1. The molecule has 0 spiro atoms. The second-order valence-corrected chi connectivity index (χ2v) is 5.81. The molecule has 1 heterocycles. The molecular formula is C16H23N3O4. The molecule has 0 aliphatic heterocycles. The first-order valence-corrected chi connectivity index (χ1v) is 7.69. The summed E-state index contributed by atoms with van der Waals surface area (Å²) in [6, 6.07) is 4.76. The van der Waals surface area contributed by atoms with Gasteiger partial charge in [-0.2, -0.15) is 0 Å². The van der Waals surface area contributed by atoms with Crippen molar-refractivity contribution in [3.05, 3.63) is 28.7 Å². The lowest BCUT2D eigenvalue weighted by atomic mass is 10.2. The van der Waals surface area contributed by atoms with E-state index in [1.807, 2.05) is 0 Å². The van der Waals surface area contributed by atoms with E-state index >= 15 is 0 Å². The van der Waals surface area contributed by atoms with E-state index in [0.717, 1.165) is 13.0 Å². The lowest BCUT2D eigenvalue weighted by Crippen LogP contribution is -2.30. The zero-order valence-electron chi connectivity index (χ0n) is 13.7. The SMILES string of the molecule is CC(C)COCCCNC(=O)Nc1ccc2oc(=O)n(C)c2c1. The minimum Gasteiger partial charge on any atom is -0.408 e. The summed E-state index contributed by atoms with van der Waals surface area (Å²) in [5.41, 5.74) is 1.73. The topological polar surface area (TPSA) is 85.5 Å². The number of benzene rings is 1. The molecule has 2 N–H and O–H groups in total. The second kappa shape index (κ2) is 7.82. The first-order chi connectivity index (χ1) is 11.0. The van der Waals surface area contributed by atoms with Crippen LogP contribution < -0.4 is 16.4 Å². The van der Waals surface area contributed by atoms with Crippen LogP contribution >= 0.6 is 0 Å². The van der Waals surface area contributed by atoms with Crippen LogP contribution in [0, 0.1) is 5.92 Å². The number of aryl methyl sites for hydroxylation is 1. The van der Waals surface area contributed by atoms with Crippen LogP contribution in [0.1, 0.15) is 20.3 Å². The van der Waals surface area contributed by atoms with Gasteiger partial charge in [0, 0.05) is 32.5 Å². The molecule has 7 heteroatoms. The van der Waals surface area contributed by atoms with E-state index in [9.17, 15) is 9.59 Å². The summed E-state index contributed by atoms with van der Waals surface area (Å²) in [5, 5.41) is 5.50. The van der Waals surface area contributed by atoms with Crippen molar-refractivity contribution in [3.8, 4) is 0 Å². The maximum Gasteiger partial charge on any atom is 0.419 e. The number of hydrogen-bond acceptors (Lipinski definition) is 4. The largest absolute Gasteiger partial charge is 0.419 e. The van der Waals surface area contributed by atoms with Gasteiger partial charge >= 0.3 is 11.8 Å². The third-order valence-electron chi connectivity index (χ3n) is 3.25. The van der Waals surface area contributed by atoms with Gasteiger partial charge in [0.1, 0.15) is 0 Å². The first kappa shape index (κ1) is 17.1.